The predicted octanol–water partition coefficient (Wildman–Crippen LogP) is 2.45. The normalized spacial score (nSPS) is 11.5. The van der Waals surface area contributed by atoms with Gasteiger partial charge in [0.25, 0.3) is 0 Å². The fourth-order valence-corrected chi connectivity index (χ4v) is 1.24. The molecule has 0 aliphatic carbocycles. The number of methoxy groups -OCH3 is 1. The molecule has 0 aromatic heterocycles. The van der Waals surface area contributed by atoms with Gasteiger partial charge < -0.3 is 10.5 Å². The highest BCUT2D eigenvalue weighted by Gasteiger charge is 1.93. The molecular weight excluding hydrogens is 174 g/mol. The molecule has 0 amide bonds. The molecule has 2 nitrogen and oxygen atoms in total. The van der Waals surface area contributed by atoms with Crippen molar-refractivity contribution in [3.8, 4) is 5.75 Å². The lowest BCUT2D eigenvalue weighted by molar-refractivity contribution is 0.415. The van der Waals surface area contributed by atoms with E-state index < -0.39 is 0 Å². The van der Waals surface area contributed by atoms with Gasteiger partial charge in [0.15, 0.2) is 0 Å². The van der Waals surface area contributed by atoms with Gasteiger partial charge in [-0.3, -0.25) is 0 Å². The fourth-order valence-electron chi connectivity index (χ4n) is 1.24. The van der Waals surface area contributed by atoms with Gasteiger partial charge in [0.05, 0.1) is 7.11 Å². The molecule has 1 aromatic rings. The van der Waals surface area contributed by atoms with Gasteiger partial charge >= 0.3 is 0 Å². The van der Waals surface area contributed by atoms with Crippen molar-refractivity contribution in [2.24, 2.45) is 5.73 Å². The van der Waals surface area contributed by atoms with Crippen LogP contribution in [-0.4, -0.2) is 13.7 Å². The van der Waals surface area contributed by atoms with Crippen LogP contribution < -0.4 is 10.5 Å². The average Bonchev–Trinajstić information content (AvgIpc) is 2.26. The van der Waals surface area contributed by atoms with Crippen molar-refractivity contribution >= 4 is 6.08 Å². The van der Waals surface area contributed by atoms with Gasteiger partial charge in [-0.25, -0.2) is 0 Å². The summed E-state index contributed by atoms with van der Waals surface area (Å²) < 4.78 is 5.08. The van der Waals surface area contributed by atoms with Gasteiger partial charge in [0.2, 0.25) is 0 Å². The van der Waals surface area contributed by atoms with E-state index in [0.29, 0.717) is 6.54 Å². The summed E-state index contributed by atoms with van der Waals surface area (Å²) in [7, 11) is 1.67. The molecule has 2 heteroatoms. The van der Waals surface area contributed by atoms with Crippen molar-refractivity contribution in [1.82, 2.24) is 0 Å². The minimum absolute atomic E-state index is 0.628. The van der Waals surface area contributed by atoms with E-state index >= 15 is 0 Å². The Kier molecular flexibility index (Phi) is 4.20. The lowest BCUT2D eigenvalue weighted by Crippen LogP contribution is -2.01. The molecular formula is C12H17NO. The topological polar surface area (TPSA) is 35.2 Å². The fraction of sp³-hybridized carbons (Fsp3) is 0.333. The van der Waals surface area contributed by atoms with Crippen molar-refractivity contribution in [1.29, 1.82) is 0 Å². The maximum Gasteiger partial charge on any atom is 0.118 e. The summed E-state index contributed by atoms with van der Waals surface area (Å²) in [4.78, 5) is 0. The first-order valence-electron chi connectivity index (χ1n) is 4.83. The summed E-state index contributed by atoms with van der Waals surface area (Å²) in [6.07, 6.45) is 3.13. The maximum absolute atomic E-state index is 5.59. The number of hydrogen-bond donors (Lipinski definition) is 1. The lowest BCUT2D eigenvalue weighted by Gasteiger charge is -2.02. The Morgan fingerprint density at radius 1 is 1.36 bits per heavy atom. The third-order valence-electron chi connectivity index (χ3n) is 2.20. The van der Waals surface area contributed by atoms with E-state index in [1.54, 1.807) is 7.11 Å². The van der Waals surface area contributed by atoms with E-state index in [0.717, 1.165) is 12.2 Å². The first-order chi connectivity index (χ1) is 6.80. The molecule has 0 fully saturated rings. The Morgan fingerprint density at radius 3 is 2.43 bits per heavy atom. The Bertz CT molecular complexity index is 295. The minimum atomic E-state index is 0.628. The molecule has 76 valence electrons. The highest BCUT2D eigenvalue weighted by atomic mass is 16.5. The van der Waals surface area contributed by atoms with E-state index in [9.17, 15) is 0 Å². The standard InChI is InChI=1S/C12H17NO/c1-3-10(9-13)8-11-4-6-12(14-2)7-5-11/h4-8H,3,9,13H2,1-2H3. The zero-order valence-electron chi connectivity index (χ0n) is 8.79. The number of nitrogens with two attached hydrogens (primary N) is 1. The van der Waals surface area contributed by atoms with Gasteiger partial charge in [-0.15, -0.1) is 0 Å². The lowest BCUT2D eigenvalue weighted by atomic mass is 10.1. The summed E-state index contributed by atoms with van der Waals surface area (Å²) in [5, 5.41) is 0. The second-order valence-corrected chi connectivity index (χ2v) is 3.13. The van der Waals surface area contributed by atoms with Gasteiger partial charge in [0.1, 0.15) is 5.75 Å². The molecule has 2 N–H and O–H groups in total. The molecule has 0 aliphatic rings. The van der Waals surface area contributed by atoms with Crippen LogP contribution in [0, 0.1) is 0 Å². The minimum Gasteiger partial charge on any atom is -0.497 e. The van der Waals surface area contributed by atoms with Crippen molar-refractivity contribution in [3.05, 3.63) is 35.4 Å². The van der Waals surface area contributed by atoms with Crippen LogP contribution in [0.3, 0.4) is 0 Å². The first kappa shape index (κ1) is 10.8. The number of hydrogen-bond acceptors (Lipinski definition) is 2. The van der Waals surface area contributed by atoms with Crippen molar-refractivity contribution in [2.75, 3.05) is 13.7 Å². The van der Waals surface area contributed by atoms with Crippen molar-refractivity contribution in [2.45, 2.75) is 13.3 Å². The SMILES string of the molecule is CCC(=Cc1ccc(OC)cc1)CN. The average molecular weight is 191 g/mol. The molecule has 1 rings (SSSR count). The predicted molar refractivity (Wildman–Crippen MR) is 60.3 cm³/mol. The second kappa shape index (κ2) is 5.45. The maximum atomic E-state index is 5.59. The van der Waals surface area contributed by atoms with Crippen LogP contribution in [0.4, 0.5) is 0 Å². The molecule has 0 spiro atoms. The highest BCUT2D eigenvalue weighted by Crippen LogP contribution is 2.14. The third-order valence-corrected chi connectivity index (χ3v) is 2.20. The van der Waals surface area contributed by atoms with Gasteiger partial charge in [-0.1, -0.05) is 30.7 Å². The monoisotopic (exact) mass is 191 g/mol. The Hall–Kier alpha value is -1.28. The molecule has 0 atom stereocenters. The molecule has 0 saturated heterocycles. The molecule has 0 radical (unpaired) electrons. The van der Waals surface area contributed by atoms with Crippen LogP contribution in [0.2, 0.25) is 0 Å². The molecule has 0 saturated carbocycles. The summed E-state index contributed by atoms with van der Waals surface area (Å²) in [6, 6.07) is 7.97. The van der Waals surface area contributed by atoms with E-state index in [-0.39, 0.29) is 0 Å². The number of rotatable bonds is 4. The molecule has 0 bridgehead atoms. The van der Waals surface area contributed by atoms with E-state index in [1.807, 2.05) is 24.3 Å². The number of benzene rings is 1. The molecule has 0 unspecified atom stereocenters. The zero-order chi connectivity index (χ0) is 10.4. The zero-order valence-corrected chi connectivity index (χ0v) is 8.79. The van der Waals surface area contributed by atoms with Crippen LogP contribution >= 0.6 is 0 Å². The summed E-state index contributed by atoms with van der Waals surface area (Å²) in [5.74, 6) is 0.882. The van der Waals surface area contributed by atoms with E-state index in [4.69, 9.17) is 10.5 Å². The van der Waals surface area contributed by atoms with Crippen molar-refractivity contribution in [3.63, 3.8) is 0 Å². The molecule has 0 heterocycles. The van der Waals surface area contributed by atoms with Crippen LogP contribution in [0.15, 0.2) is 29.8 Å². The largest absolute Gasteiger partial charge is 0.497 e. The molecule has 0 aliphatic heterocycles. The first-order valence-corrected chi connectivity index (χ1v) is 4.83. The Labute approximate surface area is 85.4 Å². The van der Waals surface area contributed by atoms with E-state index in [2.05, 4.69) is 13.0 Å². The van der Waals surface area contributed by atoms with Crippen LogP contribution in [-0.2, 0) is 0 Å². The Balaban J connectivity index is 2.81. The number of ether oxygens (including phenoxy) is 1. The summed E-state index contributed by atoms with van der Waals surface area (Å²) in [5.41, 5.74) is 8.03. The summed E-state index contributed by atoms with van der Waals surface area (Å²) >= 11 is 0. The second-order valence-electron chi connectivity index (χ2n) is 3.13. The quantitative estimate of drug-likeness (QED) is 0.793. The third kappa shape index (κ3) is 2.89. The van der Waals surface area contributed by atoms with Gasteiger partial charge in [-0.2, -0.15) is 0 Å². The van der Waals surface area contributed by atoms with Gasteiger partial charge in [-0.05, 0) is 24.1 Å². The van der Waals surface area contributed by atoms with Gasteiger partial charge in [0, 0.05) is 6.54 Å². The highest BCUT2D eigenvalue weighted by molar-refractivity contribution is 5.54. The van der Waals surface area contributed by atoms with Crippen LogP contribution in [0.1, 0.15) is 18.9 Å². The Morgan fingerprint density at radius 2 is 2.00 bits per heavy atom. The smallest absolute Gasteiger partial charge is 0.118 e. The van der Waals surface area contributed by atoms with Crippen LogP contribution in [0.5, 0.6) is 5.75 Å². The molecule has 14 heavy (non-hydrogen) atoms. The van der Waals surface area contributed by atoms with Crippen molar-refractivity contribution < 1.29 is 4.74 Å². The summed E-state index contributed by atoms with van der Waals surface area (Å²) in [6.45, 7) is 2.74. The van der Waals surface area contributed by atoms with E-state index in [1.165, 1.54) is 11.1 Å². The van der Waals surface area contributed by atoms with Crippen LogP contribution in [0.25, 0.3) is 6.08 Å². The molecule has 1 aromatic carbocycles.